The molecule has 0 unspecified atom stereocenters. The molecule has 0 saturated heterocycles. The van der Waals surface area contributed by atoms with Crippen LogP contribution in [0.5, 0.6) is 5.75 Å². The molecule has 1 N–H and O–H groups in total. The van der Waals surface area contributed by atoms with Crippen molar-refractivity contribution in [2.75, 3.05) is 30.4 Å². The maximum Gasteiger partial charge on any atom is 0.262 e. The van der Waals surface area contributed by atoms with Crippen LogP contribution < -0.4 is 20.5 Å². The monoisotopic (exact) mass is 642 g/mol. The topological polar surface area (TPSA) is 80.0 Å². The first-order valence-electron chi connectivity index (χ1n) is 15.9. The van der Waals surface area contributed by atoms with Gasteiger partial charge in [0, 0.05) is 46.7 Å². The second-order valence-electron chi connectivity index (χ2n) is 11.1. The number of thiazole rings is 1. The highest BCUT2D eigenvalue weighted by Crippen LogP contribution is 2.32. The zero-order chi connectivity index (χ0) is 32.8. The molecule has 4 aromatic carbocycles. The van der Waals surface area contributed by atoms with Gasteiger partial charge >= 0.3 is 0 Å². The number of carbonyl (C=O) groups is 1. The Morgan fingerprint density at radius 2 is 1.66 bits per heavy atom. The van der Waals surface area contributed by atoms with Crippen LogP contribution in [0, 0.1) is 0 Å². The summed E-state index contributed by atoms with van der Waals surface area (Å²) in [6.07, 6.45) is 1.67. The zero-order valence-corrected chi connectivity index (χ0v) is 27.9. The molecule has 0 saturated carbocycles. The van der Waals surface area contributed by atoms with Crippen LogP contribution in [0.25, 0.3) is 22.2 Å². The van der Waals surface area contributed by atoms with E-state index in [4.69, 9.17) is 19.1 Å². The minimum Gasteiger partial charge on any atom is -0.497 e. The van der Waals surface area contributed by atoms with E-state index in [2.05, 4.69) is 85.6 Å². The number of nitrogens with one attached hydrogen (secondary N) is 1. The highest BCUT2D eigenvalue weighted by Gasteiger charge is 2.18. The van der Waals surface area contributed by atoms with Gasteiger partial charge in [-0.05, 0) is 68.1 Å². The molecule has 0 fully saturated rings. The van der Waals surface area contributed by atoms with Crippen LogP contribution in [0.4, 0.5) is 16.5 Å². The van der Waals surface area contributed by atoms with Gasteiger partial charge in [0.1, 0.15) is 16.9 Å². The van der Waals surface area contributed by atoms with Gasteiger partial charge in [0.15, 0.2) is 5.13 Å². The largest absolute Gasteiger partial charge is 0.497 e. The van der Waals surface area contributed by atoms with Crippen LogP contribution in [0.2, 0.25) is 0 Å². The van der Waals surface area contributed by atoms with E-state index < -0.39 is 0 Å². The van der Waals surface area contributed by atoms with Crippen molar-refractivity contribution < 1.29 is 13.9 Å². The summed E-state index contributed by atoms with van der Waals surface area (Å²) in [5.41, 5.74) is 7.24. The van der Waals surface area contributed by atoms with E-state index in [0.717, 1.165) is 53.1 Å². The molecule has 0 aliphatic heterocycles. The Kier molecular flexibility index (Phi) is 9.78. The number of aromatic nitrogens is 1. The number of methoxy groups -OCH3 is 1. The van der Waals surface area contributed by atoms with E-state index in [-0.39, 0.29) is 11.5 Å². The molecule has 8 heteroatoms. The van der Waals surface area contributed by atoms with Crippen LogP contribution >= 0.6 is 11.3 Å². The first kappa shape index (κ1) is 31.8. The molecule has 7 nitrogen and oxygen atoms in total. The fourth-order valence-corrected chi connectivity index (χ4v) is 6.50. The van der Waals surface area contributed by atoms with Crippen LogP contribution in [-0.2, 0) is 12.8 Å². The smallest absolute Gasteiger partial charge is 0.262 e. The van der Waals surface area contributed by atoms with Crippen molar-refractivity contribution in [3.8, 4) is 17.0 Å². The number of rotatable bonds is 11. The predicted octanol–water partition coefficient (Wildman–Crippen LogP) is 9.05. The third-order valence-electron chi connectivity index (χ3n) is 8.11. The standard InChI is InChI=1S/C39H38N4O3S/c1-5-35-36(28-18-16-27(17-19-28)22-26-12-9-8-10-13-26)41-39(47-35)42-37(44)33-23-29-20-21-31(43(6-2)7-3)25-34(29)46-38(33)40-30-14-11-15-32(24-30)45-4/h8-21,23-25H,5-7,22H2,1-4H3,(H,41,42,44). The summed E-state index contributed by atoms with van der Waals surface area (Å²) in [4.78, 5) is 26.9. The lowest BCUT2D eigenvalue weighted by atomic mass is 10.0. The second-order valence-corrected chi connectivity index (χ2v) is 12.2. The predicted molar refractivity (Wildman–Crippen MR) is 192 cm³/mol. The van der Waals surface area contributed by atoms with E-state index >= 15 is 0 Å². The highest BCUT2D eigenvalue weighted by atomic mass is 32.1. The molecule has 0 aliphatic rings. The molecule has 0 atom stereocenters. The molecule has 47 heavy (non-hydrogen) atoms. The van der Waals surface area contributed by atoms with E-state index in [1.165, 1.54) is 22.5 Å². The minimum atomic E-state index is -0.341. The maximum absolute atomic E-state index is 13.9. The van der Waals surface area contributed by atoms with Crippen molar-refractivity contribution in [2.24, 2.45) is 4.99 Å². The third kappa shape index (κ3) is 7.28. The Balaban J connectivity index is 1.33. The summed E-state index contributed by atoms with van der Waals surface area (Å²) < 4.78 is 11.8. The van der Waals surface area contributed by atoms with Gasteiger partial charge in [0.2, 0.25) is 5.55 Å². The maximum atomic E-state index is 13.9. The fraction of sp³-hybridized carbons (Fsp3) is 0.205. The molecular weight excluding hydrogens is 605 g/mol. The molecule has 2 heterocycles. The van der Waals surface area contributed by atoms with E-state index in [1.807, 2.05) is 42.5 Å². The number of nitrogens with zero attached hydrogens (tertiary/aromatic N) is 3. The lowest BCUT2D eigenvalue weighted by Crippen LogP contribution is -2.22. The van der Waals surface area contributed by atoms with Crippen molar-refractivity contribution in [1.29, 1.82) is 0 Å². The molecule has 238 valence electrons. The third-order valence-corrected chi connectivity index (χ3v) is 9.22. The summed E-state index contributed by atoms with van der Waals surface area (Å²) in [5.74, 6) is 0.323. The number of fused-ring (bicyclic) bond motifs is 1. The van der Waals surface area contributed by atoms with Crippen molar-refractivity contribution in [3.05, 3.63) is 130 Å². The Hall–Kier alpha value is -5.21. The number of aryl methyl sites for hydroxylation is 1. The van der Waals surface area contributed by atoms with Crippen molar-refractivity contribution >= 4 is 44.7 Å². The van der Waals surface area contributed by atoms with Gasteiger partial charge in [-0.2, -0.15) is 0 Å². The lowest BCUT2D eigenvalue weighted by Gasteiger charge is -2.21. The Labute approximate surface area is 279 Å². The summed E-state index contributed by atoms with van der Waals surface area (Å²) in [7, 11) is 1.61. The van der Waals surface area contributed by atoms with Crippen LogP contribution in [0.1, 0.15) is 47.1 Å². The van der Waals surface area contributed by atoms with Crippen molar-refractivity contribution in [1.82, 2.24) is 4.98 Å². The van der Waals surface area contributed by atoms with Gasteiger partial charge in [-0.15, -0.1) is 11.3 Å². The van der Waals surface area contributed by atoms with Gasteiger partial charge in [0.05, 0.1) is 18.5 Å². The summed E-state index contributed by atoms with van der Waals surface area (Å²) >= 11 is 1.49. The first-order valence-corrected chi connectivity index (χ1v) is 16.8. The van der Waals surface area contributed by atoms with Gasteiger partial charge in [-0.1, -0.05) is 67.6 Å². The molecule has 1 amide bonds. The number of amides is 1. The van der Waals surface area contributed by atoms with Crippen LogP contribution in [-0.4, -0.2) is 31.1 Å². The first-order chi connectivity index (χ1) is 23.0. The number of anilines is 2. The van der Waals surface area contributed by atoms with Gasteiger partial charge in [-0.3, -0.25) is 10.1 Å². The molecule has 0 bridgehead atoms. The van der Waals surface area contributed by atoms with E-state index in [0.29, 0.717) is 27.7 Å². The quantitative estimate of drug-likeness (QED) is 0.153. The van der Waals surface area contributed by atoms with Crippen molar-refractivity contribution in [2.45, 2.75) is 33.6 Å². The number of hydrogen-bond donors (Lipinski definition) is 1. The molecule has 0 aliphatic carbocycles. The zero-order valence-electron chi connectivity index (χ0n) is 27.1. The van der Waals surface area contributed by atoms with Gasteiger partial charge in [-0.25, -0.2) is 9.98 Å². The molecular formula is C39H38N4O3S. The fourth-order valence-electron chi connectivity index (χ4n) is 5.58. The van der Waals surface area contributed by atoms with Crippen molar-refractivity contribution in [3.63, 3.8) is 0 Å². The molecule has 2 aromatic heterocycles. The summed E-state index contributed by atoms with van der Waals surface area (Å²) in [5, 5.41) is 4.38. The average molecular weight is 643 g/mol. The Morgan fingerprint density at radius 1 is 0.894 bits per heavy atom. The Morgan fingerprint density at radius 3 is 2.38 bits per heavy atom. The minimum absolute atomic E-state index is 0.210. The highest BCUT2D eigenvalue weighted by molar-refractivity contribution is 7.16. The van der Waals surface area contributed by atoms with E-state index in [9.17, 15) is 4.79 Å². The van der Waals surface area contributed by atoms with Crippen LogP contribution in [0.15, 0.2) is 113 Å². The van der Waals surface area contributed by atoms with Gasteiger partial charge < -0.3 is 14.1 Å². The van der Waals surface area contributed by atoms with Crippen LogP contribution in [0.3, 0.4) is 0 Å². The normalized spacial score (nSPS) is 11.5. The molecule has 6 rings (SSSR count). The van der Waals surface area contributed by atoms with Gasteiger partial charge in [0.25, 0.3) is 5.91 Å². The molecule has 0 radical (unpaired) electrons. The number of benzene rings is 4. The van der Waals surface area contributed by atoms with E-state index in [1.54, 1.807) is 13.2 Å². The second kappa shape index (κ2) is 14.5. The molecule has 0 spiro atoms. The number of ether oxygens (including phenoxy) is 1. The number of hydrogen-bond acceptors (Lipinski definition) is 7. The SMILES string of the molecule is CCc1sc(NC(=O)c2cc3ccc(N(CC)CC)cc3oc2=Nc2cccc(OC)c2)nc1-c1ccc(Cc2ccccc2)cc1. The average Bonchev–Trinajstić information content (AvgIpc) is 3.52. The lowest BCUT2D eigenvalue weighted by molar-refractivity contribution is 0.102. The Bertz CT molecular complexity index is 2060. The molecule has 6 aromatic rings. The number of carbonyl (C=O) groups excluding carboxylic acids is 1. The summed E-state index contributed by atoms with van der Waals surface area (Å²) in [6.45, 7) is 8.09. The summed E-state index contributed by atoms with van der Waals surface area (Å²) in [6, 6.07) is 34.2.